The summed E-state index contributed by atoms with van der Waals surface area (Å²) in [6.07, 6.45) is 0.914. The van der Waals surface area contributed by atoms with Crippen molar-refractivity contribution >= 4 is 28.9 Å². The zero-order valence-corrected chi connectivity index (χ0v) is 12.1. The number of carbonyl (C=O) groups is 2. The van der Waals surface area contributed by atoms with Gasteiger partial charge >= 0.3 is 5.97 Å². The van der Waals surface area contributed by atoms with Gasteiger partial charge in [0.05, 0.1) is 10.4 Å². The van der Waals surface area contributed by atoms with E-state index in [1.807, 2.05) is 13.0 Å². The van der Waals surface area contributed by atoms with Crippen molar-refractivity contribution in [1.29, 1.82) is 0 Å². The molecule has 1 heterocycles. The van der Waals surface area contributed by atoms with Gasteiger partial charge in [0.1, 0.15) is 0 Å². The van der Waals surface area contributed by atoms with Gasteiger partial charge in [-0.3, -0.25) is 4.79 Å². The molecular formula is C15H15NO3S. The summed E-state index contributed by atoms with van der Waals surface area (Å²) in [6, 6.07) is 7.99. The fraction of sp³-hybridized carbons (Fsp3) is 0.200. The summed E-state index contributed by atoms with van der Waals surface area (Å²) in [7, 11) is 0. The maximum absolute atomic E-state index is 12.1. The third-order valence-corrected chi connectivity index (χ3v) is 4.34. The lowest BCUT2D eigenvalue weighted by atomic mass is 10.2. The normalized spacial score (nSPS) is 10.3. The molecular weight excluding hydrogens is 274 g/mol. The first-order valence-corrected chi connectivity index (χ1v) is 7.07. The van der Waals surface area contributed by atoms with Crippen LogP contribution in [0.25, 0.3) is 0 Å². The van der Waals surface area contributed by atoms with Gasteiger partial charge in [0.25, 0.3) is 5.91 Å². The Morgan fingerprint density at radius 3 is 2.40 bits per heavy atom. The Morgan fingerprint density at radius 1 is 1.25 bits per heavy atom. The minimum absolute atomic E-state index is 0.166. The topological polar surface area (TPSA) is 66.4 Å². The lowest BCUT2D eigenvalue weighted by Crippen LogP contribution is -2.10. The Hall–Kier alpha value is -2.14. The van der Waals surface area contributed by atoms with Gasteiger partial charge in [0, 0.05) is 10.6 Å². The highest BCUT2D eigenvalue weighted by Crippen LogP contribution is 2.23. The molecule has 20 heavy (non-hydrogen) atoms. The van der Waals surface area contributed by atoms with Crippen LogP contribution in [0.5, 0.6) is 0 Å². The number of hydrogen-bond acceptors (Lipinski definition) is 3. The van der Waals surface area contributed by atoms with Crippen LogP contribution in [0.15, 0.2) is 30.3 Å². The van der Waals surface area contributed by atoms with Crippen molar-refractivity contribution in [3.05, 3.63) is 51.2 Å². The molecule has 0 aliphatic heterocycles. The molecule has 2 aromatic rings. The van der Waals surface area contributed by atoms with E-state index < -0.39 is 5.97 Å². The molecule has 0 spiro atoms. The van der Waals surface area contributed by atoms with Crippen LogP contribution in [-0.2, 0) is 6.42 Å². The molecule has 0 saturated heterocycles. The number of aromatic carboxylic acids is 1. The molecule has 2 rings (SSSR count). The molecule has 5 heteroatoms. The molecule has 1 aromatic heterocycles. The summed E-state index contributed by atoms with van der Waals surface area (Å²) in [4.78, 5) is 24.7. The van der Waals surface area contributed by atoms with Crippen LogP contribution in [0.3, 0.4) is 0 Å². The Bertz CT molecular complexity index is 644. The van der Waals surface area contributed by atoms with Crippen LogP contribution in [0.2, 0.25) is 0 Å². The maximum atomic E-state index is 12.1. The van der Waals surface area contributed by atoms with Gasteiger partial charge in [-0.15, -0.1) is 11.3 Å². The van der Waals surface area contributed by atoms with Crippen LogP contribution < -0.4 is 5.32 Å². The smallest absolute Gasteiger partial charge is 0.335 e. The SMILES string of the molecule is CCc1sc(C(=O)Nc2ccc(C(=O)O)cc2)cc1C. The van der Waals surface area contributed by atoms with E-state index in [-0.39, 0.29) is 11.5 Å². The Balaban J connectivity index is 2.12. The second kappa shape index (κ2) is 5.88. The lowest BCUT2D eigenvalue weighted by Gasteiger charge is -2.03. The highest BCUT2D eigenvalue weighted by Gasteiger charge is 2.12. The van der Waals surface area contributed by atoms with Crippen LogP contribution in [0.4, 0.5) is 5.69 Å². The molecule has 4 nitrogen and oxygen atoms in total. The summed E-state index contributed by atoms with van der Waals surface area (Å²) in [5.41, 5.74) is 1.91. The number of thiophene rings is 1. The zero-order valence-electron chi connectivity index (χ0n) is 11.3. The number of carbonyl (C=O) groups excluding carboxylic acids is 1. The van der Waals surface area contributed by atoms with E-state index in [0.717, 1.165) is 12.0 Å². The van der Waals surface area contributed by atoms with Crippen molar-refractivity contribution in [2.75, 3.05) is 5.32 Å². The predicted octanol–water partition coefficient (Wildman–Crippen LogP) is 3.57. The highest BCUT2D eigenvalue weighted by molar-refractivity contribution is 7.14. The molecule has 0 bridgehead atoms. The predicted molar refractivity (Wildman–Crippen MR) is 79.8 cm³/mol. The third-order valence-electron chi connectivity index (χ3n) is 2.96. The zero-order chi connectivity index (χ0) is 14.7. The number of carboxylic acids is 1. The van der Waals surface area contributed by atoms with Crippen LogP contribution in [0, 0.1) is 6.92 Å². The molecule has 0 radical (unpaired) electrons. The number of rotatable bonds is 4. The molecule has 0 aliphatic rings. The summed E-state index contributed by atoms with van der Waals surface area (Å²) >= 11 is 1.49. The number of aryl methyl sites for hydroxylation is 2. The minimum atomic E-state index is -0.982. The monoisotopic (exact) mass is 289 g/mol. The molecule has 2 N–H and O–H groups in total. The van der Waals surface area contributed by atoms with Crippen molar-refractivity contribution in [1.82, 2.24) is 0 Å². The number of benzene rings is 1. The molecule has 0 saturated carbocycles. The van der Waals surface area contributed by atoms with Gasteiger partial charge in [-0.2, -0.15) is 0 Å². The van der Waals surface area contributed by atoms with Crippen molar-refractivity contribution in [2.24, 2.45) is 0 Å². The van der Waals surface area contributed by atoms with Gasteiger partial charge in [-0.25, -0.2) is 4.79 Å². The molecule has 0 atom stereocenters. The van der Waals surface area contributed by atoms with E-state index in [2.05, 4.69) is 12.2 Å². The highest BCUT2D eigenvalue weighted by atomic mass is 32.1. The number of hydrogen-bond donors (Lipinski definition) is 2. The lowest BCUT2D eigenvalue weighted by molar-refractivity contribution is 0.0696. The van der Waals surface area contributed by atoms with E-state index in [1.165, 1.54) is 28.3 Å². The van der Waals surface area contributed by atoms with Gasteiger partial charge in [-0.1, -0.05) is 6.92 Å². The van der Waals surface area contributed by atoms with E-state index in [4.69, 9.17) is 5.11 Å². The minimum Gasteiger partial charge on any atom is -0.478 e. The average molecular weight is 289 g/mol. The molecule has 104 valence electrons. The van der Waals surface area contributed by atoms with Gasteiger partial charge in [0.2, 0.25) is 0 Å². The van der Waals surface area contributed by atoms with Crippen molar-refractivity contribution < 1.29 is 14.7 Å². The first-order valence-electron chi connectivity index (χ1n) is 6.25. The Morgan fingerprint density at radius 2 is 1.90 bits per heavy atom. The number of amides is 1. The Labute approximate surface area is 121 Å². The van der Waals surface area contributed by atoms with Gasteiger partial charge < -0.3 is 10.4 Å². The number of nitrogens with one attached hydrogen (secondary N) is 1. The fourth-order valence-corrected chi connectivity index (χ4v) is 2.88. The Kier molecular flexibility index (Phi) is 4.20. The van der Waals surface area contributed by atoms with E-state index in [1.54, 1.807) is 12.1 Å². The van der Waals surface area contributed by atoms with Crippen molar-refractivity contribution in [3.8, 4) is 0 Å². The number of anilines is 1. The molecule has 0 aliphatic carbocycles. The van der Waals surface area contributed by atoms with Crippen LogP contribution in [0.1, 0.15) is 37.4 Å². The summed E-state index contributed by atoms with van der Waals surface area (Å²) in [5.74, 6) is -1.15. The van der Waals surface area contributed by atoms with Crippen LogP contribution >= 0.6 is 11.3 Å². The first kappa shape index (κ1) is 14.3. The average Bonchev–Trinajstić information content (AvgIpc) is 2.80. The summed E-state index contributed by atoms with van der Waals surface area (Å²) in [5, 5.41) is 11.6. The van der Waals surface area contributed by atoms with Crippen LogP contribution in [-0.4, -0.2) is 17.0 Å². The van der Waals surface area contributed by atoms with Crippen molar-refractivity contribution in [3.63, 3.8) is 0 Å². The molecule has 1 amide bonds. The first-order chi connectivity index (χ1) is 9.51. The van der Waals surface area contributed by atoms with Gasteiger partial charge in [0.15, 0.2) is 0 Å². The maximum Gasteiger partial charge on any atom is 0.335 e. The fourth-order valence-electron chi connectivity index (χ4n) is 1.87. The number of carboxylic acid groups (broad SMARTS) is 1. The summed E-state index contributed by atoms with van der Waals surface area (Å²) in [6.45, 7) is 4.05. The quantitative estimate of drug-likeness (QED) is 0.904. The largest absolute Gasteiger partial charge is 0.478 e. The van der Waals surface area contributed by atoms with E-state index in [0.29, 0.717) is 10.6 Å². The van der Waals surface area contributed by atoms with E-state index in [9.17, 15) is 9.59 Å². The standard InChI is InChI=1S/C15H15NO3S/c1-3-12-9(2)8-13(20-12)14(17)16-11-6-4-10(5-7-11)15(18)19/h4-8H,3H2,1-2H3,(H,16,17)(H,18,19). The second-order valence-corrected chi connectivity index (χ2v) is 5.54. The molecule has 0 fully saturated rings. The van der Waals surface area contributed by atoms with Crippen molar-refractivity contribution in [2.45, 2.75) is 20.3 Å². The summed E-state index contributed by atoms with van der Waals surface area (Å²) < 4.78 is 0. The van der Waals surface area contributed by atoms with E-state index >= 15 is 0 Å². The third kappa shape index (κ3) is 3.05. The molecule has 0 unspecified atom stereocenters. The molecule has 1 aromatic carbocycles. The second-order valence-electron chi connectivity index (χ2n) is 4.41. The van der Waals surface area contributed by atoms with Gasteiger partial charge in [-0.05, 0) is 49.2 Å².